The van der Waals surface area contributed by atoms with Gasteiger partial charge in [-0.2, -0.15) is 0 Å². The van der Waals surface area contributed by atoms with E-state index >= 15 is 0 Å². The van der Waals surface area contributed by atoms with Crippen molar-refractivity contribution in [2.75, 3.05) is 15.0 Å². The number of amides is 1. The molecule has 0 saturated carbocycles. The van der Waals surface area contributed by atoms with Crippen LogP contribution in [-0.4, -0.2) is 26.1 Å². The summed E-state index contributed by atoms with van der Waals surface area (Å²) in [6, 6.07) is 21.4. The van der Waals surface area contributed by atoms with Crippen LogP contribution in [-0.2, 0) is 10.0 Å². The van der Waals surface area contributed by atoms with Crippen molar-refractivity contribution in [1.82, 2.24) is 0 Å². The van der Waals surface area contributed by atoms with Crippen LogP contribution in [0.15, 0.2) is 78.9 Å². The number of sulfonamides is 1. The zero-order chi connectivity index (χ0) is 22.9. The fourth-order valence-corrected chi connectivity index (χ4v) is 5.70. The Morgan fingerprint density at radius 2 is 1.62 bits per heavy atom. The first-order chi connectivity index (χ1) is 15.3. The first-order valence-corrected chi connectivity index (χ1v) is 12.2. The van der Waals surface area contributed by atoms with Gasteiger partial charge in [0.15, 0.2) is 0 Å². The molecule has 0 bridgehead atoms. The number of anilines is 2. The number of carbonyl (C=O) groups excluding carboxylic acids is 1. The average molecular weight is 453 g/mol. The Morgan fingerprint density at radius 3 is 2.28 bits per heavy atom. The Morgan fingerprint density at radius 1 is 1.00 bits per heavy atom. The van der Waals surface area contributed by atoms with E-state index in [1.54, 1.807) is 24.0 Å². The zero-order valence-electron chi connectivity index (χ0n) is 18.0. The molecule has 1 aliphatic heterocycles. The fraction of sp³-hybridized carbons (Fsp3) is 0.240. The number of nitrogens with zero attached hydrogens (tertiary/aromatic N) is 2. The third-order valence-electron chi connectivity index (χ3n) is 5.82. The molecule has 0 aliphatic carbocycles. The second kappa shape index (κ2) is 8.74. The van der Waals surface area contributed by atoms with E-state index in [9.17, 15) is 17.6 Å². The van der Waals surface area contributed by atoms with Crippen molar-refractivity contribution in [3.8, 4) is 0 Å². The van der Waals surface area contributed by atoms with Crippen molar-refractivity contribution in [1.29, 1.82) is 0 Å². The molecule has 3 aromatic carbocycles. The van der Waals surface area contributed by atoms with Gasteiger partial charge in [-0.3, -0.25) is 9.10 Å². The molecule has 0 radical (unpaired) electrons. The molecule has 1 aliphatic rings. The molecule has 0 fully saturated rings. The summed E-state index contributed by atoms with van der Waals surface area (Å²) in [5.74, 6) is -0.687. The summed E-state index contributed by atoms with van der Waals surface area (Å²) in [5.41, 5.74) is 2.41. The zero-order valence-corrected chi connectivity index (χ0v) is 18.8. The van der Waals surface area contributed by atoms with Gasteiger partial charge in [0.05, 0.1) is 17.5 Å². The van der Waals surface area contributed by atoms with Gasteiger partial charge in [0.2, 0.25) is 10.0 Å². The third-order valence-corrected chi connectivity index (χ3v) is 7.70. The summed E-state index contributed by atoms with van der Waals surface area (Å²) >= 11 is 0. The maximum atomic E-state index is 13.7. The minimum Gasteiger partial charge on any atom is -0.301 e. The lowest BCUT2D eigenvalue weighted by Gasteiger charge is -2.43. The maximum absolute atomic E-state index is 13.7. The largest absolute Gasteiger partial charge is 0.301 e. The van der Waals surface area contributed by atoms with E-state index in [2.05, 4.69) is 0 Å². The fourth-order valence-electron chi connectivity index (χ4n) is 4.32. The summed E-state index contributed by atoms with van der Waals surface area (Å²) in [6.45, 7) is 3.49. The molecule has 7 heteroatoms. The van der Waals surface area contributed by atoms with Crippen LogP contribution in [0.3, 0.4) is 0 Å². The standard InChI is InChI=1S/C25H25FN2O3S/c1-3-32(30,31)28-18(2)17-24(22-11-7-8-12-23(22)28)27(21-9-5-4-6-10-21)25(29)19-13-15-20(26)16-14-19/h4-16,18,24H,3,17H2,1-2H3. The first kappa shape index (κ1) is 22.0. The lowest BCUT2D eigenvalue weighted by molar-refractivity contribution is 0.0973. The Hall–Kier alpha value is -3.19. The van der Waals surface area contributed by atoms with Gasteiger partial charge in [0, 0.05) is 17.3 Å². The average Bonchev–Trinajstić information content (AvgIpc) is 2.80. The van der Waals surface area contributed by atoms with Gasteiger partial charge in [-0.1, -0.05) is 36.4 Å². The molecule has 2 atom stereocenters. The summed E-state index contributed by atoms with van der Waals surface area (Å²) in [4.78, 5) is 15.4. The molecule has 2 unspecified atom stereocenters. The molecule has 0 aromatic heterocycles. The van der Waals surface area contributed by atoms with Crippen molar-refractivity contribution < 1.29 is 17.6 Å². The Bertz CT molecular complexity index is 1210. The highest BCUT2D eigenvalue weighted by molar-refractivity contribution is 7.92. The van der Waals surface area contributed by atoms with Crippen molar-refractivity contribution in [2.24, 2.45) is 0 Å². The van der Waals surface area contributed by atoms with E-state index in [-0.39, 0.29) is 23.7 Å². The molecule has 1 heterocycles. The number of benzene rings is 3. The van der Waals surface area contributed by atoms with E-state index in [0.717, 1.165) is 5.56 Å². The summed E-state index contributed by atoms with van der Waals surface area (Å²) in [5, 5.41) is 0. The van der Waals surface area contributed by atoms with Crippen LogP contribution in [0.2, 0.25) is 0 Å². The Labute approximate surface area is 188 Å². The van der Waals surface area contributed by atoms with Crippen molar-refractivity contribution >= 4 is 27.3 Å². The van der Waals surface area contributed by atoms with Crippen LogP contribution in [0.4, 0.5) is 15.8 Å². The van der Waals surface area contributed by atoms with Crippen LogP contribution in [0.5, 0.6) is 0 Å². The predicted octanol–water partition coefficient (Wildman–Crippen LogP) is 5.16. The second-order valence-corrected chi connectivity index (χ2v) is 10.0. The maximum Gasteiger partial charge on any atom is 0.258 e. The molecule has 1 amide bonds. The highest BCUT2D eigenvalue weighted by Gasteiger charge is 2.40. The minimum atomic E-state index is -3.49. The minimum absolute atomic E-state index is 0.00670. The van der Waals surface area contributed by atoms with Gasteiger partial charge in [0.1, 0.15) is 5.82 Å². The normalized spacial score (nSPS) is 18.2. The molecule has 166 valence electrons. The van der Waals surface area contributed by atoms with Gasteiger partial charge in [-0.15, -0.1) is 0 Å². The number of fused-ring (bicyclic) bond motifs is 1. The highest BCUT2D eigenvalue weighted by atomic mass is 32.2. The topological polar surface area (TPSA) is 57.7 Å². The molecular formula is C25H25FN2O3S. The van der Waals surface area contributed by atoms with Crippen molar-refractivity contribution in [3.05, 3.63) is 95.8 Å². The number of para-hydroxylation sites is 2. The van der Waals surface area contributed by atoms with Crippen molar-refractivity contribution in [2.45, 2.75) is 32.4 Å². The van der Waals surface area contributed by atoms with Gasteiger partial charge < -0.3 is 4.90 Å². The Kier molecular flexibility index (Phi) is 6.02. The molecule has 0 N–H and O–H groups in total. The third kappa shape index (κ3) is 4.00. The summed E-state index contributed by atoms with van der Waals surface area (Å²) < 4.78 is 40.7. The first-order valence-electron chi connectivity index (χ1n) is 10.6. The molecule has 32 heavy (non-hydrogen) atoms. The lowest BCUT2D eigenvalue weighted by atomic mass is 9.91. The van der Waals surface area contributed by atoms with Crippen LogP contribution in [0.25, 0.3) is 0 Å². The summed E-state index contributed by atoms with van der Waals surface area (Å²) in [7, 11) is -3.49. The van der Waals surface area contributed by atoms with Gasteiger partial charge in [-0.25, -0.2) is 12.8 Å². The van der Waals surface area contributed by atoms with E-state index in [4.69, 9.17) is 0 Å². The number of rotatable bonds is 5. The molecular weight excluding hydrogens is 427 g/mol. The number of halogens is 1. The van der Waals surface area contributed by atoms with Crippen LogP contribution >= 0.6 is 0 Å². The van der Waals surface area contributed by atoms with E-state index in [1.165, 1.54) is 28.6 Å². The van der Waals surface area contributed by atoms with Crippen molar-refractivity contribution in [3.63, 3.8) is 0 Å². The molecule has 4 rings (SSSR count). The summed E-state index contributed by atoms with van der Waals surface area (Å²) in [6.07, 6.45) is 0.429. The molecule has 0 saturated heterocycles. The number of hydrogen-bond acceptors (Lipinski definition) is 3. The van der Waals surface area contributed by atoms with Crippen LogP contribution in [0.1, 0.15) is 42.2 Å². The molecule has 3 aromatic rings. The smallest absolute Gasteiger partial charge is 0.258 e. The molecule has 5 nitrogen and oxygen atoms in total. The SMILES string of the molecule is CCS(=O)(=O)N1c2ccccc2C(N(C(=O)c2ccc(F)cc2)c2ccccc2)CC1C. The second-order valence-electron chi connectivity index (χ2n) is 7.87. The van der Waals surface area contributed by atoms with E-state index < -0.39 is 15.8 Å². The number of hydrogen-bond donors (Lipinski definition) is 0. The monoisotopic (exact) mass is 452 g/mol. The highest BCUT2D eigenvalue weighted by Crippen LogP contribution is 2.43. The Balaban J connectivity index is 1.87. The van der Waals surface area contributed by atoms with E-state index in [0.29, 0.717) is 23.4 Å². The van der Waals surface area contributed by atoms with Crippen LogP contribution in [0, 0.1) is 5.82 Å². The van der Waals surface area contributed by atoms with Crippen LogP contribution < -0.4 is 9.21 Å². The van der Waals surface area contributed by atoms with Gasteiger partial charge in [0.25, 0.3) is 5.91 Å². The lowest BCUT2D eigenvalue weighted by Crippen LogP contribution is -2.48. The molecule has 0 spiro atoms. The predicted molar refractivity (Wildman–Crippen MR) is 125 cm³/mol. The van der Waals surface area contributed by atoms with Gasteiger partial charge >= 0.3 is 0 Å². The quantitative estimate of drug-likeness (QED) is 0.537. The van der Waals surface area contributed by atoms with Gasteiger partial charge in [-0.05, 0) is 68.3 Å². The van der Waals surface area contributed by atoms with E-state index in [1.807, 2.05) is 49.4 Å². The number of carbonyl (C=O) groups is 1.